The quantitative estimate of drug-likeness (QED) is 0.566. The molecule has 2 heteroatoms. The lowest BCUT2D eigenvalue weighted by molar-refractivity contribution is 1.02. The predicted octanol–water partition coefficient (Wildman–Crippen LogP) is 3.25. The van der Waals surface area contributed by atoms with Crippen molar-refractivity contribution in [3.8, 4) is 0 Å². The Morgan fingerprint density at radius 3 is 2.15 bits per heavy atom. The van der Waals surface area contributed by atoms with Crippen molar-refractivity contribution in [1.29, 1.82) is 0 Å². The van der Waals surface area contributed by atoms with Crippen LogP contribution in [-0.4, -0.2) is 8.07 Å². The fourth-order valence-corrected chi connectivity index (χ4v) is 2.57. The highest BCUT2D eigenvalue weighted by Crippen LogP contribution is 2.29. The van der Waals surface area contributed by atoms with E-state index in [1.165, 1.54) is 5.56 Å². The van der Waals surface area contributed by atoms with Gasteiger partial charge < -0.3 is 5.73 Å². The van der Waals surface area contributed by atoms with Crippen molar-refractivity contribution in [3.63, 3.8) is 0 Å². The van der Waals surface area contributed by atoms with Crippen LogP contribution in [0, 0.1) is 0 Å². The van der Waals surface area contributed by atoms with Crippen molar-refractivity contribution < 1.29 is 0 Å². The first-order valence-corrected chi connectivity index (χ1v) is 8.35. The molecule has 13 heavy (non-hydrogen) atoms. The average Bonchev–Trinajstić information content (AvgIpc) is 2.02. The van der Waals surface area contributed by atoms with Crippen LogP contribution in [0.3, 0.4) is 0 Å². The van der Waals surface area contributed by atoms with Crippen LogP contribution in [0.2, 0.25) is 19.6 Å². The molecule has 0 unspecified atom stereocenters. The number of benzene rings is 1. The fourth-order valence-electron chi connectivity index (χ4n) is 1.37. The van der Waals surface area contributed by atoms with E-state index in [-0.39, 0.29) is 0 Å². The molecule has 0 aliphatic rings. The smallest absolute Gasteiger partial charge is 0.0519 e. The second-order valence-electron chi connectivity index (χ2n) is 4.72. The van der Waals surface area contributed by atoms with Gasteiger partial charge in [0.2, 0.25) is 0 Å². The summed E-state index contributed by atoms with van der Waals surface area (Å²) in [6.07, 6.45) is 0. The molecule has 0 spiro atoms. The molecule has 0 aromatic heterocycles. The molecule has 2 N–H and O–H groups in total. The van der Waals surface area contributed by atoms with Crippen LogP contribution in [0.15, 0.2) is 24.3 Å². The molecule has 72 valence electrons. The Balaban J connectivity index is 3.02. The van der Waals surface area contributed by atoms with Gasteiger partial charge in [-0.25, -0.2) is 0 Å². The molecule has 1 aromatic rings. The van der Waals surface area contributed by atoms with E-state index >= 15 is 0 Å². The molecule has 1 rings (SSSR count). The summed E-state index contributed by atoms with van der Waals surface area (Å²) in [5.74, 6) is 0. The lowest BCUT2D eigenvalue weighted by Crippen LogP contribution is -2.29. The third-order valence-electron chi connectivity index (χ3n) is 2.76. The van der Waals surface area contributed by atoms with Gasteiger partial charge in [-0.05, 0) is 17.2 Å². The maximum atomic E-state index is 5.94. The van der Waals surface area contributed by atoms with E-state index < -0.39 is 8.07 Å². The second-order valence-corrected chi connectivity index (χ2v) is 10.3. The van der Waals surface area contributed by atoms with Gasteiger partial charge in [0.1, 0.15) is 0 Å². The van der Waals surface area contributed by atoms with Gasteiger partial charge in [-0.15, -0.1) is 0 Å². The summed E-state index contributed by atoms with van der Waals surface area (Å²) < 4.78 is 0. The van der Waals surface area contributed by atoms with Gasteiger partial charge in [0.05, 0.1) is 8.07 Å². The number of nitrogen functional groups attached to an aromatic ring is 1. The predicted molar refractivity (Wildman–Crippen MR) is 62.6 cm³/mol. The van der Waals surface area contributed by atoms with Crippen molar-refractivity contribution in [2.24, 2.45) is 0 Å². The first-order valence-electron chi connectivity index (χ1n) is 4.77. The Morgan fingerprint density at radius 2 is 1.69 bits per heavy atom. The normalized spacial score (nSPS) is 14.2. The van der Waals surface area contributed by atoms with Crippen molar-refractivity contribution in [2.75, 3.05) is 5.73 Å². The van der Waals surface area contributed by atoms with Crippen LogP contribution in [0.5, 0.6) is 0 Å². The summed E-state index contributed by atoms with van der Waals surface area (Å²) in [5.41, 5.74) is 8.84. The van der Waals surface area contributed by atoms with Crippen molar-refractivity contribution in [3.05, 3.63) is 29.8 Å². The van der Waals surface area contributed by atoms with Crippen molar-refractivity contribution >= 4 is 13.8 Å². The van der Waals surface area contributed by atoms with Crippen LogP contribution < -0.4 is 5.73 Å². The zero-order valence-corrected chi connectivity index (χ0v) is 9.96. The average molecular weight is 193 g/mol. The Morgan fingerprint density at radius 1 is 1.15 bits per heavy atom. The van der Waals surface area contributed by atoms with Gasteiger partial charge in [-0.2, -0.15) is 0 Å². The van der Waals surface area contributed by atoms with E-state index in [9.17, 15) is 0 Å². The Kier molecular flexibility index (Phi) is 2.81. The molecule has 0 radical (unpaired) electrons. The van der Waals surface area contributed by atoms with Crippen LogP contribution in [0.25, 0.3) is 0 Å². The van der Waals surface area contributed by atoms with E-state index in [1.807, 2.05) is 12.1 Å². The SMILES string of the molecule is C[C@H](c1ccccc1N)[Si](C)(C)C. The number of anilines is 1. The van der Waals surface area contributed by atoms with E-state index in [2.05, 4.69) is 38.7 Å². The molecule has 0 aliphatic carbocycles. The van der Waals surface area contributed by atoms with Crippen LogP contribution in [-0.2, 0) is 0 Å². The minimum atomic E-state index is -1.11. The summed E-state index contributed by atoms with van der Waals surface area (Å²) in [7, 11) is -1.11. The zero-order chi connectivity index (χ0) is 10.1. The van der Waals surface area contributed by atoms with Gasteiger partial charge in [0.15, 0.2) is 0 Å². The molecule has 0 fully saturated rings. The molecule has 0 saturated heterocycles. The highest BCUT2D eigenvalue weighted by atomic mass is 28.3. The van der Waals surface area contributed by atoms with E-state index in [4.69, 9.17) is 5.73 Å². The van der Waals surface area contributed by atoms with Gasteiger partial charge in [-0.1, -0.05) is 44.8 Å². The molecular formula is C11H19NSi. The van der Waals surface area contributed by atoms with Crippen LogP contribution >= 0.6 is 0 Å². The molecule has 1 atom stereocenters. The molecule has 1 aromatic carbocycles. The van der Waals surface area contributed by atoms with E-state index in [1.54, 1.807) is 0 Å². The lowest BCUT2D eigenvalue weighted by atomic mass is 10.1. The number of hydrogen-bond donors (Lipinski definition) is 1. The van der Waals surface area contributed by atoms with Crippen molar-refractivity contribution in [2.45, 2.75) is 32.1 Å². The molecule has 0 bridgehead atoms. The molecule has 0 aliphatic heterocycles. The molecule has 0 saturated carbocycles. The van der Waals surface area contributed by atoms with Gasteiger partial charge >= 0.3 is 0 Å². The summed E-state index contributed by atoms with van der Waals surface area (Å²) in [6, 6.07) is 8.21. The number of nitrogens with two attached hydrogens (primary N) is 1. The third kappa shape index (κ3) is 2.34. The Hall–Kier alpha value is -0.763. The minimum absolute atomic E-state index is 0.633. The highest BCUT2D eigenvalue weighted by molar-refractivity contribution is 6.77. The van der Waals surface area contributed by atoms with Crippen LogP contribution in [0.4, 0.5) is 5.69 Å². The Bertz CT molecular complexity index is 288. The monoisotopic (exact) mass is 193 g/mol. The second kappa shape index (κ2) is 3.54. The van der Waals surface area contributed by atoms with E-state index in [0.717, 1.165) is 5.69 Å². The largest absolute Gasteiger partial charge is 0.399 e. The van der Waals surface area contributed by atoms with E-state index in [0.29, 0.717) is 5.54 Å². The summed E-state index contributed by atoms with van der Waals surface area (Å²) in [4.78, 5) is 0. The van der Waals surface area contributed by atoms with Gasteiger partial charge in [0, 0.05) is 5.69 Å². The molecule has 0 heterocycles. The Labute approximate surface area is 82.0 Å². The third-order valence-corrected chi connectivity index (χ3v) is 5.67. The van der Waals surface area contributed by atoms with Crippen LogP contribution in [0.1, 0.15) is 18.0 Å². The molecule has 0 amide bonds. The number of para-hydroxylation sites is 1. The highest BCUT2D eigenvalue weighted by Gasteiger charge is 2.24. The maximum Gasteiger partial charge on any atom is 0.0519 e. The zero-order valence-electron chi connectivity index (χ0n) is 8.96. The molecule has 1 nitrogen and oxygen atoms in total. The molecular weight excluding hydrogens is 174 g/mol. The van der Waals surface area contributed by atoms with Gasteiger partial charge in [-0.3, -0.25) is 0 Å². The number of rotatable bonds is 2. The standard InChI is InChI=1S/C11H19NSi/c1-9(13(2,3)4)10-7-5-6-8-11(10)12/h5-9H,12H2,1-4H3/t9-/m1/s1. The first kappa shape index (κ1) is 10.3. The summed E-state index contributed by atoms with van der Waals surface area (Å²) >= 11 is 0. The maximum absolute atomic E-state index is 5.94. The first-order chi connectivity index (χ1) is 5.93. The van der Waals surface area contributed by atoms with Crippen molar-refractivity contribution in [1.82, 2.24) is 0 Å². The summed E-state index contributed by atoms with van der Waals surface area (Å²) in [6.45, 7) is 9.43. The fraction of sp³-hybridized carbons (Fsp3) is 0.455. The number of hydrogen-bond acceptors (Lipinski definition) is 1. The lowest BCUT2D eigenvalue weighted by Gasteiger charge is -2.26. The topological polar surface area (TPSA) is 26.0 Å². The minimum Gasteiger partial charge on any atom is -0.399 e. The van der Waals surface area contributed by atoms with Gasteiger partial charge in [0.25, 0.3) is 0 Å². The summed E-state index contributed by atoms with van der Waals surface area (Å²) in [5, 5.41) is 0.